The minimum absolute atomic E-state index is 0.0636. The Labute approximate surface area is 145 Å². The number of hydrogen-bond donors (Lipinski definition) is 0. The van der Waals surface area contributed by atoms with Crippen molar-refractivity contribution >= 4 is 32.6 Å². The van der Waals surface area contributed by atoms with Gasteiger partial charge in [-0.05, 0) is 30.3 Å². The molecular formula is C17H16ClNO4S. The van der Waals surface area contributed by atoms with Crippen LogP contribution in [0.4, 0.5) is 0 Å². The van der Waals surface area contributed by atoms with Crippen molar-refractivity contribution in [1.29, 1.82) is 0 Å². The van der Waals surface area contributed by atoms with Crippen LogP contribution in [0.3, 0.4) is 0 Å². The Hall–Kier alpha value is -2.02. The smallest absolute Gasteiger partial charge is 0.299 e. The maximum Gasteiger partial charge on any atom is 0.299 e. The van der Waals surface area contributed by atoms with E-state index < -0.39 is 10.1 Å². The molecular weight excluding hydrogens is 350 g/mol. The van der Waals surface area contributed by atoms with E-state index in [0.29, 0.717) is 5.39 Å². The number of aromatic nitrogens is 1. The second-order valence-electron chi connectivity index (χ2n) is 5.04. The highest BCUT2D eigenvalue weighted by molar-refractivity contribution is 7.87. The third-order valence-electron chi connectivity index (χ3n) is 3.61. The zero-order chi connectivity index (χ0) is 17.2. The molecule has 3 aromatic rings. The fraction of sp³-hybridized carbons (Fsp3) is 0.176. The van der Waals surface area contributed by atoms with Gasteiger partial charge in [0.05, 0.1) is 19.2 Å². The molecule has 5 nitrogen and oxygen atoms in total. The van der Waals surface area contributed by atoms with E-state index in [-0.39, 0.29) is 17.4 Å². The Balaban J connectivity index is 2.16. The summed E-state index contributed by atoms with van der Waals surface area (Å²) in [4.78, 5) is 0.124. The van der Waals surface area contributed by atoms with Crippen molar-refractivity contribution in [1.82, 2.24) is 4.57 Å². The van der Waals surface area contributed by atoms with Gasteiger partial charge in [-0.2, -0.15) is 8.42 Å². The summed E-state index contributed by atoms with van der Waals surface area (Å²) >= 11 is 5.54. The molecule has 0 aliphatic carbocycles. The van der Waals surface area contributed by atoms with Gasteiger partial charge in [0.15, 0.2) is 0 Å². The first-order valence-corrected chi connectivity index (χ1v) is 9.21. The number of halogens is 1. The number of para-hydroxylation sites is 1. The summed E-state index contributed by atoms with van der Waals surface area (Å²) in [7, 11) is -2.28. The van der Waals surface area contributed by atoms with E-state index in [0.717, 1.165) is 17.0 Å². The highest BCUT2D eigenvalue weighted by atomic mass is 35.5. The zero-order valence-electron chi connectivity index (χ0n) is 13.0. The lowest BCUT2D eigenvalue weighted by molar-refractivity contribution is 0.340. The first-order valence-electron chi connectivity index (χ1n) is 7.27. The average molecular weight is 366 g/mol. The minimum Gasteiger partial charge on any atom is -0.497 e. The van der Waals surface area contributed by atoms with Crippen LogP contribution in [0.2, 0.25) is 0 Å². The first kappa shape index (κ1) is 16.8. The zero-order valence-corrected chi connectivity index (χ0v) is 14.5. The fourth-order valence-corrected chi connectivity index (χ4v) is 3.78. The number of nitrogens with zero attached hydrogens (tertiary/aromatic N) is 1. The molecule has 0 radical (unpaired) electrons. The monoisotopic (exact) mass is 365 g/mol. The van der Waals surface area contributed by atoms with Gasteiger partial charge in [-0.15, -0.1) is 11.6 Å². The van der Waals surface area contributed by atoms with E-state index >= 15 is 0 Å². The summed E-state index contributed by atoms with van der Waals surface area (Å²) in [6, 6.07) is 14.6. The van der Waals surface area contributed by atoms with Crippen molar-refractivity contribution in [2.75, 3.05) is 19.6 Å². The Bertz CT molecular complexity index is 948. The molecule has 0 saturated carbocycles. The minimum atomic E-state index is -3.88. The van der Waals surface area contributed by atoms with Gasteiger partial charge < -0.3 is 9.30 Å². The van der Waals surface area contributed by atoms with Crippen molar-refractivity contribution in [3.05, 3.63) is 54.7 Å². The number of rotatable bonds is 6. The lowest BCUT2D eigenvalue weighted by Gasteiger charge is -2.06. The SMILES string of the molecule is COc1ccc(-n2cc(S(=O)(=O)OCCCl)c3ccccc32)cc1. The number of methoxy groups -OCH3 is 1. The molecule has 0 bridgehead atoms. The van der Waals surface area contributed by atoms with E-state index in [1.54, 1.807) is 25.4 Å². The van der Waals surface area contributed by atoms with Gasteiger partial charge in [0.2, 0.25) is 0 Å². The Morgan fingerprint density at radius 3 is 2.46 bits per heavy atom. The second-order valence-corrected chi connectivity index (χ2v) is 7.01. The van der Waals surface area contributed by atoms with Crippen molar-refractivity contribution < 1.29 is 17.3 Å². The van der Waals surface area contributed by atoms with E-state index in [4.69, 9.17) is 20.5 Å². The van der Waals surface area contributed by atoms with E-state index in [9.17, 15) is 8.42 Å². The van der Waals surface area contributed by atoms with Gasteiger partial charge in [0, 0.05) is 23.2 Å². The van der Waals surface area contributed by atoms with E-state index in [2.05, 4.69) is 0 Å². The van der Waals surface area contributed by atoms with Crippen molar-refractivity contribution in [2.45, 2.75) is 4.90 Å². The Morgan fingerprint density at radius 2 is 1.79 bits per heavy atom. The summed E-state index contributed by atoms with van der Waals surface area (Å²) in [5.74, 6) is 0.838. The summed E-state index contributed by atoms with van der Waals surface area (Å²) in [6.45, 7) is -0.0636. The van der Waals surface area contributed by atoms with Crippen molar-refractivity contribution in [3.8, 4) is 11.4 Å². The molecule has 0 amide bonds. The molecule has 1 aromatic heterocycles. The van der Waals surface area contributed by atoms with Gasteiger partial charge in [-0.25, -0.2) is 0 Å². The Kier molecular flexibility index (Phi) is 4.80. The largest absolute Gasteiger partial charge is 0.497 e. The summed E-state index contributed by atoms with van der Waals surface area (Å²) in [6.07, 6.45) is 1.57. The summed E-state index contributed by atoms with van der Waals surface area (Å²) < 4.78 is 36.8. The molecule has 24 heavy (non-hydrogen) atoms. The van der Waals surface area contributed by atoms with Gasteiger partial charge in [0.1, 0.15) is 10.6 Å². The molecule has 0 unspecified atom stereocenters. The molecule has 0 saturated heterocycles. The van der Waals surface area contributed by atoms with Crippen LogP contribution in [-0.4, -0.2) is 32.6 Å². The van der Waals surface area contributed by atoms with Gasteiger partial charge in [-0.1, -0.05) is 18.2 Å². The summed E-state index contributed by atoms with van der Waals surface area (Å²) in [5, 5.41) is 0.600. The molecule has 126 valence electrons. The molecule has 0 spiro atoms. The quantitative estimate of drug-likeness (QED) is 0.495. The molecule has 2 aromatic carbocycles. The van der Waals surface area contributed by atoms with Crippen LogP contribution in [0.25, 0.3) is 16.6 Å². The number of benzene rings is 2. The molecule has 3 rings (SSSR count). The van der Waals surface area contributed by atoms with E-state index in [1.807, 2.05) is 41.0 Å². The third-order valence-corrected chi connectivity index (χ3v) is 5.11. The lowest BCUT2D eigenvalue weighted by Crippen LogP contribution is -2.08. The second kappa shape index (κ2) is 6.84. The predicted octanol–water partition coefficient (Wildman–Crippen LogP) is 3.58. The van der Waals surface area contributed by atoms with Crippen LogP contribution in [0, 0.1) is 0 Å². The number of ether oxygens (including phenoxy) is 1. The number of fused-ring (bicyclic) bond motifs is 1. The summed E-state index contributed by atoms with van der Waals surface area (Å²) in [5.41, 5.74) is 1.60. The third kappa shape index (κ3) is 3.13. The number of alkyl halides is 1. The van der Waals surface area contributed by atoms with Gasteiger partial charge >= 0.3 is 0 Å². The van der Waals surface area contributed by atoms with Crippen LogP contribution in [0.15, 0.2) is 59.6 Å². The topological polar surface area (TPSA) is 57.5 Å². The molecule has 7 heteroatoms. The fourth-order valence-electron chi connectivity index (χ4n) is 2.51. The highest BCUT2D eigenvalue weighted by Gasteiger charge is 2.22. The maximum atomic E-state index is 12.4. The van der Waals surface area contributed by atoms with E-state index in [1.165, 1.54) is 0 Å². The van der Waals surface area contributed by atoms with Crippen LogP contribution in [0.5, 0.6) is 5.75 Å². The van der Waals surface area contributed by atoms with Crippen LogP contribution < -0.4 is 4.74 Å². The maximum absolute atomic E-state index is 12.4. The van der Waals surface area contributed by atoms with Crippen LogP contribution in [0.1, 0.15) is 0 Å². The van der Waals surface area contributed by atoms with Crippen molar-refractivity contribution in [3.63, 3.8) is 0 Å². The molecule has 0 aliphatic heterocycles. The van der Waals surface area contributed by atoms with Crippen LogP contribution in [-0.2, 0) is 14.3 Å². The molecule has 1 heterocycles. The average Bonchev–Trinajstić information content (AvgIpc) is 3.01. The Morgan fingerprint density at radius 1 is 1.08 bits per heavy atom. The van der Waals surface area contributed by atoms with Gasteiger partial charge in [0.25, 0.3) is 10.1 Å². The standard InChI is InChI=1S/C17H16ClNO4S/c1-22-14-8-6-13(7-9-14)19-12-17(24(20,21)23-11-10-18)15-4-2-3-5-16(15)19/h2-9,12H,10-11H2,1H3. The molecule has 0 aliphatic rings. The van der Waals surface area contributed by atoms with Crippen molar-refractivity contribution in [2.24, 2.45) is 0 Å². The van der Waals surface area contributed by atoms with Crippen LogP contribution >= 0.6 is 11.6 Å². The van der Waals surface area contributed by atoms with Gasteiger partial charge in [-0.3, -0.25) is 4.18 Å². The molecule has 0 N–H and O–H groups in total. The lowest BCUT2D eigenvalue weighted by atomic mass is 10.2. The predicted molar refractivity (Wildman–Crippen MR) is 93.7 cm³/mol. The highest BCUT2D eigenvalue weighted by Crippen LogP contribution is 2.29. The first-order chi connectivity index (χ1) is 11.6. The normalized spacial score (nSPS) is 11.8. The molecule has 0 fully saturated rings. The molecule has 0 atom stereocenters. The number of hydrogen-bond acceptors (Lipinski definition) is 4.